The first-order valence-corrected chi connectivity index (χ1v) is 5.54. The molecule has 1 nitrogen and oxygen atoms in total. The fourth-order valence-corrected chi connectivity index (χ4v) is 1.57. The van der Waals surface area contributed by atoms with E-state index in [1.807, 2.05) is 60.7 Å². The molecular weight excluding hydrogens is 206 g/mol. The smallest absolute Gasteiger partial charge is 0.0384 e. The molecule has 2 rings (SSSR count). The predicted molar refractivity (Wildman–Crippen MR) is 76.3 cm³/mol. The standard InChI is InChI=1S/C16H15N/c1-3-13-5-9-15(10-6-13)17-16-11-7-14(4-2)8-12-16/h3-12,17H,1-2H2. The summed E-state index contributed by atoms with van der Waals surface area (Å²) in [7, 11) is 0. The van der Waals surface area contributed by atoms with Crippen molar-refractivity contribution >= 4 is 23.5 Å². The Morgan fingerprint density at radius 1 is 0.647 bits per heavy atom. The first kappa shape index (κ1) is 11.2. The minimum atomic E-state index is 1.07. The highest BCUT2D eigenvalue weighted by Crippen LogP contribution is 2.18. The van der Waals surface area contributed by atoms with Crippen molar-refractivity contribution in [1.82, 2.24) is 0 Å². The van der Waals surface area contributed by atoms with Crippen LogP contribution < -0.4 is 5.32 Å². The van der Waals surface area contributed by atoms with E-state index in [-0.39, 0.29) is 0 Å². The Labute approximate surface area is 102 Å². The minimum Gasteiger partial charge on any atom is -0.356 e. The second kappa shape index (κ2) is 5.17. The second-order valence-electron chi connectivity index (χ2n) is 3.78. The highest BCUT2D eigenvalue weighted by Gasteiger charge is 1.94. The molecule has 0 spiro atoms. The van der Waals surface area contributed by atoms with Crippen molar-refractivity contribution in [3.63, 3.8) is 0 Å². The molecule has 0 saturated carbocycles. The van der Waals surface area contributed by atoms with Crippen LogP contribution in [0.1, 0.15) is 11.1 Å². The van der Waals surface area contributed by atoms with Crippen LogP contribution in [0.25, 0.3) is 12.2 Å². The zero-order valence-corrected chi connectivity index (χ0v) is 9.69. The van der Waals surface area contributed by atoms with Gasteiger partial charge in [0.05, 0.1) is 0 Å². The Bertz CT molecular complexity index is 457. The van der Waals surface area contributed by atoms with E-state index >= 15 is 0 Å². The maximum absolute atomic E-state index is 3.73. The molecule has 17 heavy (non-hydrogen) atoms. The van der Waals surface area contributed by atoms with Gasteiger partial charge in [-0.1, -0.05) is 49.6 Å². The van der Waals surface area contributed by atoms with Crippen LogP contribution in [0.15, 0.2) is 61.7 Å². The number of anilines is 2. The Kier molecular flexibility index (Phi) is 3.41. The second-order valence-corrected chi connectivity index (χ2v) is 3.78. The molecule has 2 aromatic carbocycles. The SMILES string of the molecule is C=Cc1ccc(Nc2ccc(C=C)cc2)cc1. The van der Waals surface area contributed by atoms with Crippen molar-refractivity contribution in [2.24, 2.45) is 0 Å². The van der Waals surface area contributed by atoms with Gasteiger partial charge in [-0.25, -0.2) is 0 Å². The van der Waals surface area contributed by atoms with E-state index in [2.05, 4.69) is 18.5 Å². The van der Waals surface area contributed by atoms with Gasteiger partial charge in [0.15, 0.2) is 0 Å². The Hall–Kier alpha value is -2.28. The summed E-state index contributed by atoms with van der Waals surface area (Å²) in [6.07, 6.45) is 3.67. The van der Waals surface area contributed by atoms with E-state index in [4.69, 9.17) is 0 Å². The molecule has 0 fully saturated rings. The Balaban J connectivity index is 2.13. The van der Waals surface area contributed by atoms with E-state index in [1.165, 1.54) is 0 Å². The molecule has 1 N–H and O–H groups in total. The summed E-state index contributed by atoms with van der Waals surface area (Å²) in [4.78, 5) is 0. The molecule has 0 aliphatic carbocycles. The first-order valence-electron chi connectivity index (χ1n) is 5.54. The summed E-state index contributed by atoms with van der Waals surface area (Å²) in [6.45, 7) is 7.47. The highest BCUT2D eigenvalue weighted by atomic mass is 14.9. The van der Waals surface area contributed by atoms with Crippen LogP contribution in [0.3, 0.4) is 0 Å². The van der Waals surface area contributed by atoms with Crippen molar-refractivity contribution in [2.75, 3.05) is 5.32 Å². The van der Waals surface area contributed by atoms with Gasteiger partial charge in [0, 0.05) is 11.4 Å². The summed E-state index contributed by atoms with van der Waals surface area (Å²) in [5, 5.41) is 3.34. The van der Waals surface area contributed by atoms with Gasteiger partial charge in [0.1, 0.15) is 0 Å². The summed E-state index contributed by atoms with van der Waals surface area (Å²) in [5.74, 6) is 0. The van der Waals surface area contributed by atoms with E-state index < -0.39 is 0 Å². The quantitative estimate of drug-likeness (QED) is 0.788. The topological polar surface area (TPSA) is 12.0 Å². The molecule has 0 amide bonds. The molecule has 0 heterocycles. The van der Waals surface area contributed by atoms with Crippen LogP contribution in [0, 0.1) is 0 Å². The van der Waals surface area contributed by atoms with Crippen LogP contribution in [0.4, 0.5) is 11.4 Å². The maximum Gasteiger partial charge on any atom is 0.0384 e. The molecule has 0 aliphatic rings. The normalized spacial score (nSPS) is 9.65. The van der Waals surface area contributed by atoms with Gasteiger partial charge in [-0.3, -0.25) is 0 Å². The minimum absolute atomic E-state index is 1.07. The third-order valence-corrected chi connectivity index (χ3v) is 2.58. The molecule has 84 valence electrons. The fraction of sp³-hybridized carbons (Fsp3) is 0. The zero-order chi connectivity index (χ0) is 12.1. The molecule has 1 heteroatoms. The molecular formula is C16H15N. The highest BCUT2D eigenvalue weighted by molar-refractivity contribution is 5.63. The predicted octanol–water partition coefficient (Wildman–Crippen LogP) is 4.72. The van der Waals surface area contributed by atoms with Gasteiger partial charge < -0.3 is 5.32 Å². The van der Waals surface area contributed by atoms with Gasteiger partial charge in [-0.05, 0) is 35.4 Å². The van der Waals surface area contributed by atoms with Crippen LogP contribution in [0.2, 0.25) is 0 Å². The Morgan fingerprint density at radius 3 is 1.29 bits per heavy atom. The largest absolute Gasteiger partial charge is 0.356 e. The molecule has 0 unspecified atom stereocenters. The molecule has 0 saturated heterocycles. The lowest BCUT2D eigenvalue weighted by Crippen LogP contribution is -1.89. The number of hydrogen-bond donors (Lipinski definition) is 1. The average Bonchev–Trinajstić information content (AvgIpc) is 2.40. The third kappa shape index (κ3) is 2.85. The van der Waals surface area contributed by atoms with E-state index in [9.17, 15) is 0 Å². The van der Waals surface area contributed by atoms with Crippen LogP contribution in [0.5, 0.6) is 0 Å². The summed E-state index contributed by atoms with van der Waals surface area (Å²) >= 11 is 0. The van der Waals surface area contributed by atoms with Crippen molar-refractivity contribution in [3.8, 4) is 0 Å². The monoisotopic (exact) mass is 221 g/mol. The zero-order valence-electron chi connectivity index (χ0n) is 9.69. The first-order chi connectivity index (χ1) is 8.31. The van der Waals surface area contributed by atoms with E-state index in [0.717, 1.165) is 22.5 Å². The lowest BCUT2D eigenvalue weighted by atomic mass is 10.2. The maximum atomic E-state index is 3.73. The van der Waals surface area contributed by atoms with Crippen molar-refractivity contribution in [2.45, 2.75) is 0 Å². The number of nitrogens with one attached hydrogen (secondary N) is 1. The van der Waals surface area contributed by atoms with Gasteiger partial charge in [0.2, 0.25) is 0 Å². The number of hydrogen-bond acceptors (Lipinski definition) is 1. The number of benzene rings is 2. The van der Waals surface area contributed by atoms with Crippen LogP contribution in [-0.2, 0) is 0 Å². The molecule has 0 aromatic heterocycles. The molecule has 0 radical (unpaired) electrons. The van der Waals surface area contributed by atoms with Gasteiger partial charge in [-0.2, -0.15) is 0 Å². The van der Waals surface area contributed by atoms with Crippen molar-refractivity contribution in [1.29, 1.82) is 0 Å². The van der Waals surface area contributed by atoms with Crippen molar-refractivity contribution < 1.29 is 0 Å². The van der Waals surface area contributed by atoms with E-state index in [1.54, 1.807) is 0 Å². The summed E-state index contributed by atoms with van der Waals surface area (Å²) < 4.78 is 0. The lowest BCUT2D eigenvalue weighted by Gasteiger charge is -2.06. The van der Waals surface area contributed by atoms with Gasteiger partial charge in [0.25, 0.3) is 0 Å². The van der Waals surface area contributed by atoms with Crippen LogP contribution >= 0.6 is 0 Å². The van der Waals surface area contributed by atoms with E-state index in [0.29, 0.717) is 0 Å². The summed E-state index contributed by atoms with van der Waals surface area (Å²) in [5.41, 5.74) is 4.39. The molecule has 2 aromatic rings. The van der Waals surface area contributed by atoms with Gasteiger partial charge >= 0.3 is 0 Å². The van der Waals surface area contributed by atoms with Crippen LogP contribution in [-0.4, -0.2) is 0 Å². The average molecular weight is 221 g/mol. The number of rotatable bonds is 4. The van der Waals surface area contributed by atoms with Crippen molar-refractivity contribution in [3.05, 3.63) is 72.8 Å². The molecule has 0 aliphatic heterocycles. The lowest BCUT2D eigenvalue weighted by molar-refractivity contribution is 1.53. The molecule has 0 atom stereocenters. The third-order valence-electron chi connectivity index (χ3n) is 2.58. The Morgan fingerprint density at radius 2 is 1.00 bits per heavy atom. The summed E-state index contributed by atoms with van der Waals surface area (Å²) in [6, 6.07) is 16.3. The molecule has 0 bridgehead atoms. The van der Waals surface area contributed by atoms with Gasteiger partial charge in [-0.15, -0.1) is 0 Å². The fourth-order valence-electron chi connectivity index (χ4n) is 1.57.